The van der Waals surface area contributed by atoms with Crippen molar-refractivity contribution in [3.63, 3.8) is 0 Å². The van der Waals surface area contributed by atoms with Crippen LogP contribution in [0.1, 0.15) is 16.3 Å². The maximum Gasteiger partial charge on any atom is 0.433 e. The van der Waals surface area contributed by atoms with Gasteiger partial charge in [-0.1, -0.05) is 0 Å². The van der Waals surface area contributed by atoms with Crippen LogP contribution in [-0.2, 0) is 6.18 Å². The Labute approximate surface area is 85.4 Å². The molecule has 0 aromatic carbocycles. The van der Waals surface area contributed by atoms with Crippen LogP contribution in [0.3, 0.4) is 0 Å². The van der Waals surface area contributed by atoms with E-state index < -0.39 is 29.4 Å². The smallest absolute Gasteiger partial charge is 0.433 e. The Bertz CT molecular complexity index is 562. The lowest BCUT2D eigenvalue weighted by molar-refractivity contribution is -0.141. The van der Waals surface area contributed by atoms with Gasteiger partial charge in [0.25, 0.3) is 11.6 Å². The monoisotopic (exact) mass is 231 g/mol. The number of rotatable bonds is 1. The quantitative estimate of drug-likeness (QED) is 0.778. The minimum Gasteiger partial charge on any atom is -0.475 e. The summed E-state index contributed by atoms with van der Waals surface area (Å²) in [4.78, 5) is 16.9. The van der Waals surface area contributed by atoms with Gasteiger partial charge in [0.1, 0.15) is 0 Å². The third-order valence-corrected chi connectivity index (χ3v) is 1.62. The van der Waals surface area contributed by atoms with Gasteiger partial charge in [-0.2, -0.15) is 22.7 Å². The second-order valence-electron chi connectivity index (χ2n) is 2.72. The van der Waals surface area contributed by atoms with Gasteiger partial charge in [-0.3, -0.25) is 0 Å². The number of fused-ring (bicyclic) bond motifs is 1. The molecule has 0 aliphatic heterocycles. The second-order valence-corrected chi connectivity index (χ2v) is 2.72. The normalized spacial score (nSPS) is 11.9. The molecule has 0 saturated heterocycles. The SMILES string of the molecule is O=C(O)c1nc2nc(C(F)(F)F)c[c]n2n1. The standard InChI is InChI=1S/C7H2F3N4O2/c8-7(9,10)3-1-2-14-6(11-3)12-4(13-14)5(15)16/h1H,(H,15,16). The Morgan fingerprint density at radius 3 is 2.69 bits per heavy atom. The minimum atomic E-state index is -4.63. The molecule has 1 N–H and O–H groups in total. The van der Waals surface area contributed by atoms with Crippen molar-refractivity contribution in [1.29, 1.82) is 0 Å². The molecular formula is C7H2F3N4O2. The largest absolute Gasteiger partial charge is 0.475 e. The predicted octanol–water partition coefficient (Wildman–Crippen LogP) is 0.641. The van der Waals surface area contributed by atoms with Crippen LogP contribution in [0.5, 0.6) is 0 Å². The summed E-state index contributed by atoms with van der Waals surface area (Å²) in [5.74, 6) is -2.55. The average Bonchev–Trinajstić information content (AvgIpc) is 2.58. The molecule has 1 radical (unpaired) electrons. The molecule has 0 spiro atoms. The molecule has 0 atom stereocenters. The van der Waals surface area contributed by atoms with E-state index in [0.717, 1.165) is 4.52 Å². The molecule has 0 bridgehead atoms. The van der Waals surface area contributed by atoms with Gasteiger partial charge >= 0.3 is 12.1 Å². The molecule has 0 amide bonds. The summed E-state index contributed by atoms with van der Waals surface area (Å²) in [6.07, 6.45) is -2.53. The Morgan fingerprint density at radius 1 is 1.44 bits per heavy atom. The van der Waals surface area contributed by atoms with Crippen molar-refractivity contribution in [1.82, 2.24) is 19.6 Å². The number of aromatic nitrogens is 4. The molecule has 2 aromatic rings. The third-order valence-electron chi connectivity index (χ3n) is 1.62. The van der Waals surface area contributed by atoms with Gasteiger partial charge in [0.2, 0.25) is 0 Å². The van der Waals surface area contributed by atoms with Crippen molar-refractivity contribution in [2.45, 2.75) is 6.18 Å². The van der Waals surface area contributed by atoms with Crippen molar-refractivity contribution >= 4 is 11.7 Å². The molecule has 83 valence electrons. The van der Waals surface area contributed by atoms with Crippen LogP contribution in [0.4, 0.5) is 13.2 Å². The number of hydrogen-bond donors (Lipinski definition) is 1. The van der Waals surface area contributed by atoms with Crippen molar-refractivity contribution < 1.29 is 23.1 Å². The van der Waals surface area contributed by atoms with E-state index in [1.807, 2.05) is 0 Å². The van der Waals surface area contributed by atoms with E-state index >= 15 is 0 Å². The molecule has 2 rings (SSSR count). The first-order valence-corrected chi connectivity index (χ1v) is 3.84. The summed E-state index contributed by atoms with van der Waals surface area (Å²) in [5, 5.41) is 11.9. The molecule has 6 nitrogen and oxygen atoms in total. The molecule has 0 aliphatic carbocycles. The number of carboxylic acids is 1. The van der Waals surface area contributed by atoms with E-state index in [1.54, 1.807) is 0 Å². The molecular weight excluding hydrogens is 229 g/mol. The van der Waals surface area contributed by atoms with Crippen LogP contribution in [0.2, 0.25) is 0 Å². The van der Waals surface area contributed by atoms with Crippen LogP contribution in [-0.4, -0.2) is 30.7 Å². The van der Waals surface area contributed by atoms with Crippen molar-refractivity contribution in [2.24, 2.45) is 0 Å². The number of nitrogens with zero attached hydrogens (tertiary/aromatic N) is 4. The Balaban J connectivity index is 2.58. The lowest BCUT2D eigenvalue weighted by Crippen LogP contribution is -2.09. The van der Waals surface area contributed by atoms with Gasteiger partial charge in [0.15, 0.2) is 5.69 Å². The van der Waals surface area contributed by atoms with Crippen molar-refractivity contribution in [2.75, 3.05) is 0 Å². The maximum absolute atomic E-state index is 12.2. The molecule has 9 heteroatoms. The molecule has 0 fully saturated rings. The maximum atomic E-state index is 12.2. The zero-order valence-corrected chi connectivity index (χ0v) is 7.36. The first kappa shape index (κ1) is 10.3. The summed E-state index contributed by atoms with van der Waals surface area (Å²) in [7, 11) is 0. The summed E-state index contributed by atoms with van der Waals surface area (Å²) in [6.45, 7) is 0. The highest BCUT2D eigenvalue weighted by Gasteiger charge is 2.33. The van der Waals surface area contributed by atoms with Crippen molar-refractivity contribution in [3.05, 3.63) is 23.8 Å². The van der Waals surface area contributed by atoms with Crippen LogP contribution in [0.15, 0.2) is 6.07 Å². The highest BCUT2D eigenvalue weighted by molar-refractivity contribution is 5.83. The zero-order valence-electron chi connectivity index (χ0n) is 7.36. The fraction of sp³-hybridized carbons (Fsp3) is 0.143. The fourth-order valence-electron chi connectivity index (χ4n) is 0.961. The van der Waals surface area contributed by atoms with E-state index in [2.05, 4.69) is 21.3 Å². The van der Waals surface area contributed by atoms with E-state index in [9.17, 15) is 18.0 Å². The Morgan fingerprint density at radius 2 is 2.12 bits per heavy atom. The van der Waals surface area contributed by atoms with Gasteiger partial charge in [-0.25, -0.2) is 9.78 Å². The number of alkyl halides is 3. The molecule has 0 unspecified atom stereocenters. The minimum absolute atomic E-state index is 0.466. The number of aromatic carboxylic acids is 1. The van der Waals surface area contributed by atoms with E-state index in [-0.39, 0.29) is 0 Å². The lowest BCUT2D eigenvalue weighted by atomic mass is 10.4. The van der Waals surface area contributed by atoms with Crippen molar-refractivity contribution in [3.8, 4) is 0 Å². The van der Waals surface area contributed by atoms with Crippen LogP contribution in [0, 0.1) is 6.20 Å². The highest BCUT2D eigenvalue weighted by Crippen LogP contribution is 2.27. The summed E-state index contributed by atoms with van der Waals surface area (Å²) in [6, 6.07) is 0.563. The summed E-state index contributed by atoms with van der Waals surface area (Å²) < 4.78 is 37.4. The molecule has 0 aliphatic rings. The molecule has 2 aromatic heterocycles. The average molecular weight is 231 g/mol. The van der Waals surface area contributed by atoms with Gasteiger partial charge in [-0.15, -0.1) is 5.10 Å². The van der Waals surface area contributed by atoms with E-state index in [1.165, 1.54) is 0 Å². The highest BCUT2D eigenvalue weighted by atomic mass is 19.4. The van der Waals surface area contributed by atoms with Crippen LogP contribution >= 0.6 is 0 Å². The Hall–Kier alpha value is -2.19. The van der Waals surface area contributed by atoms with E-state index in [4.69, 9.17) is 5.11 Å². The Kier molecular flexibility index (Phi) is 2.04. The topological polar surface area (TPSA) is 80.4 Å². The third kappa shape index (κ3) is 1.66. The second kappa shape index (κ2) is 3.15. The molecule has 16 heavy (non-hydrogen) atoms. The first-order valence-electron chi connectivity index (χ1n) is 3.84. The summed E-state index contributed by atoms with van der Waals surface area (Å²) >= 11 is 0. The van der Waals surface area contributed by atoms with Gasteiger partial charge in [0.05, 0.1) is 6.20 Å². The number of hydrogen-bond acceptors (Lipinski definition) is 4. The van der Waals surface area contributed by atoms with Gasteiger partial charge < -0.3 is 5.11 Å². The number of carbonyl (C=O) groups is 1. The summed E-state index contributed by atoms with van der Waals surface area (Å²) in [5.41, 5.74) is -1.20. The lowest BCUT2D eigenvalue weighted by Gasteiger charge is -2.03. The molecule has 2 heterocycles. The van der Waals surface area contributed by atoms with Gasteiger partial charge in [0, 0.05) is 0 Å². The zero-order chi connectivity index (χ0) is 11.9. The molecule has 0 saturated carbocycles. The first-order chi connectivity index (χ1) is 7.38. The van der Waals surface area contributed by atoms with E-state index in [0.29, 0.717) is 6.07 Å². The number of halogens is 3. The predicted molar refractivity (Wildman–Crippen MR) is 41.6 cm³/mol. The van der Waals surface area contributed by atoms with Gasteiger partial charge in [-0.05, 0) is 6.07 Å². The van der Waals surface area contributed by atoms with Crippen LogP contribution in [0.25, 0.3) is 5.78 Å². The number of carboxylic acid groups (broad SMARTS) is 1. The fourth-order valence-corrected chi connectivity index (χ4v) is 0.961. The van der Waals surface area contributed by atoms with Crippen LogP contribution < -0.4 is 0 Å².